The normalized spacial score (nSPS) is 12.5. The van der Waals surface area contributed by atoms with Gasteiger partial charge in [0.15, 0.2) is 0 Å². The van der Waals surface area contributed by atoms with Gasteiger partial charge in [0.1, 0.15) is 5.76 Å². The number of ether oxygens (including phenoxy) is 1. The lowest BCUT2D eigenvalue weighted by molar-refractivity contribution is -0.147. The summed E-state index contributed by atoms with van der Waals surface area (Å²) < 4.78 is 9.99. The van der Waals surface area contributed by atoms with Gasteiger partial charge in [-0.25, -0.2) is 0 Å². The topological polar surface area (TPSA) is 64.4 Å². The van der Waals surface area contributed by atoms with Crippen LogP contribution in [0.1, 0.15) is 30.9 Å². The summed E-state index contributed by atoms with van der Waals surface area (Å²) in [6, 6.07) is 0. The zero-order valence-corrected chi connectivity index (χ0v) is 10.9. The Labute approximate surface area is 102 Å². The summed E-state index contributed by atoms with van der Waals surface area (Å²) in [5, 5.41) is 7.08. The molecule has 1 aromatic rings. The number of carbonyl (C=O) groups is 1. The van der Waals surface area contributed by atoms with Gasteiger partial charge in [0.2, 0.25) is 0 Å². The summed E-state index contributed by atoms with van der Waals surface area (Å²) >= 11 is 0. The fourth-order valence-corrected chi connectivity index (χ4v) is 1.54. The molecule has 0 radical (unpaired) electrons. The Morgan fingerprint density at radius 1 is 1.53 bits per heavy atom. The van der Waals surface area contributed by atoms with Crippen LogP contribution in [0, 0.1) is 19.8 Å². The van der Waals surface area contributed by atoms with Gasteiger partial charge in [-0.05, 0) is 20.8 Å². The molecule has 0 spiro atoms. The molecule has 1 N–H and O–H groups in total. The average Bonchev–Trinajstić information content (AvgIpc) is 2.60. The maximum Gasteiger partial charge on any atom is 0.309 e. The summed E-state index contributed by atoms with van der Waals surface area (Å²) in [6.45, 7) is 9.11. The van der Waals surface area contributed by atoms with Crippen molar-refractivity contribution in [3.63, 3.8) is 0 Å². The van der Waals surface area contributed by atoms with E-state index in [4.69, 9.17) is 9.26 Å². The van der Waals surface area contributed by atoms with Crippen LogP contribution >= 0.6 is 0 Å². The maximum absolute atomic E-state index is 11.4. The first-order valence-corrected chi connectivity index (χ1v) is 5.85. The second-order valence-corrected chi connectivity index (χ2v) is 4.09. The van der Waals surface area contributed by atoms with Crippen molar-refractivity contribution in [2.24, 2.45) is 5.92 Å². The minimum Gasteiger partial charge on any atom is -0.466 e. The highest BCUT2D eigenvalue weighted by molar-refractivity contribution is 5.72. The Morgan fingerprint density at radius 2 is 2.24 bits per heavy atom. The first-order valence-electron chi connectivity index (χ1n) is 5.85. The molecule has 0 aliphatic heterocycles. The third-order valence-corrected chi connectivity index (χ3v) is 2.62. The minimum absolute atomic E-state index is 0.143. The molecule has 0 amide bonds. The number of hydrogen-bond donors (Lipinski definition) is 1. The molecule has 1 aromatic heterocycles. The summed E-state index contributed by atoms with van der Waals surface area (Å²) in [5.41, 5.74) is 1.94. The molecule has 0 aliphatic carbocycles. The Morgan fingerprint density at radius 3 is 2.76 bits per heavy atom. The molecule has 0 aromatic carbocycles. The fraction of sp³-hybridized carbons (Fsp3) is 0.667. The molecular weight excluding hydrogens is 220 g/mol. The first kappa shape index (κ1) is 13.7. The van der Waals surface area contributed by atoms with Crippen LogP contribution in [-0.4, -0.2) is 24.3 Å². The molecule has 5 heteroatoms. The zero-order valence-electron chi connectivity index (χ0n) is 10.9. The molecular formula is C12H20N2O3. The lowest BCUT2D eigenvalue weighted by atomic mass is 10.1. The standard InChI is InChI=1S/C12H20N2O3/c1-5-16-12(15)8(2)6-13-7-11-9(3)14-17-10(11)4/h8,13H,5-7H2,1-4H3. The minimum atomic E-state index is -0.168. The van der Waals surface area contributed by atoms with Gasteiger partial charge in [-0.15, -0.1) is 0 Å². The second kappa shape index (κ2) is 6.39. The van der Waals surface area contributed by atoms with Crippen molar-refractivity contribution in [1.29, 1.82) is 0 Å². The van der Waals surface area contributed by atoms with Gasteiger partial charge < -0.3 is 14.6 Å². The van der Waals surface area contributed by atoms with Crippen molar-refractivity contribution in [3.05, 3.63) is 17.0 Å². The second-order valence-electron chi connectivity index (χ2n) is 4.09. The van der Waals surface area contributed by atoms with Crippen LogP contribution < -0.4 is 5.32 Å². The lowest BCUT2D eigenvalue weighted by Gasteiger charge is -2.11. The predicted octanol–water partition coefficient (Wildman–Crippen LogP) is 1.58. The number of aryl methyl sites for hydroxylation is 2. The SMILES string of the molecule is CCOC(=O)C(C)CNCc1c(C)noc1C. The van der Waals surface area contributed by atoms with Crippen molar-refractivity contribution in [2.45, 2.75) is 34.2 Å². The third-order valence-electron chi connectivity index (χ3n) is 2.62. The van der Waals surface area contributed by atoms with Crippen molar-refractivity contribution in [2.75, 3.05) is 13.2 Å². The lowest BCUT2D eigenvalue weighted by Crippen LogP contribution is -2.27. The highest BCUT2D eigenvalue weighted by atomic mass is 16.5. The maximum atomic E-state index is 11.4. The molecule has 1 rings (SSSR count). The fourth-order valence-electron chi connectivity index (χ4n) is 1.54. The Kier molecular flexibility index (Phi) is 5.15. The van der Waals surface area contributed by atoms with Gasteiger partial charge >= 0.3 is 5.97 Å². The van der Waals surface area contributed by atoms with E-state index in [9.17, 15) is 4.79 Å². The molecule has 1 heterocycles. The van der Waals surface area contributed by atoms with Crippen LogP contribution in [0.5, 0.6) is 0 Å². The largest absolute Gasteiger partial charge is 0.466 e. The molecule has 5 nitrogen and oxygen atoms in total. The quantitative estimate of drug-likeness (QED) is 0.765. The van der Waals surface area contributed by atoms with E-state index in [1.807, 2.05) is 27.7 Å². The van der Waals surface area contributed by atoms with Crippen LogP contribution in [0.4, 0.5) is 0 Å². The van der Waals surface area contributed by atoms with E-state index < -0.39 is 0 Å². The highest BCUT2D eigenvalue weighted by Gasteiger charge is 2.14. The van der Waals surface area contributed by atoms with E-state index in [1.165, 1.54) is 0 Å². The van der Waals surface area contributed by atoms with E-state index in [0.717, 1.165) is 17.0 Å². The number of nitrogens with one attached hydrogen (secondary N) is 1. The van der Waals surface area contributed by atoms with Crippen molar-refractivity contribution < 1.29 is 14.1 Å². The van der Waals surface area contributed by atoms with Gasteiger partial charge in [-0.2, -0.15) is 0 Å². The summed E-state index contributed by atoms with van der Waals surface area (Å²) in [5.74, 6) is 0.507. The van der Waals surface area contributed by atoms with Gasteiger partial charge in [0.25, 0.3) is 0 Å². The van der Waals surface area contributed by atoms with Crippen LogP contribution in [0.3, 0.4) is 0 Å². The molecule has 0 bridgehead atoms. The Hall–Kier alpha value is -1.36. The van der Waals surface area contributed by atoms with Crippen LogP contribution in [-0.2, 0) is 16.1 Å². The number of aromatic nitrogens is 1. The van der Waals surface area contributed by atoms with E-state index in [2.05, 4.69) is 10.5 Å². The monoisotopic (exact) mass is 240 g/mol. The van der Waals surface area contributed by atoms with Crippen molar-refractivity contribution in [3.8, 4) is 0 Å². The Bertz CT molecular complexity index is 354. The molecule has 0 aliphatic rings. The van der Waals surface area contributed by atoms with Crippen LogP contribution in [0.25, 0.3) is 0 Å². The predicted molar refractivity (Wildman–Crippen MR) is 63.5 cm³/mol. The number of nitrogens with zero attached hydrogens (tertiary/aromatic N) is 1. The molecule has 0 saturated heterocycles. The van der Waals surface area contributed by atoms with E-state index in [0.29, 0.717) is 19.7 Å². The van der Waals surface area contributed by atoms with Crippen molar-refractivity contribution >= 4 is 5.97 Å². The molecule has 1 atom stereocenters. The number of rotatable bonds is 6. The van der Waals surface area contributed by atoms with Gasteiger partial charge in [0.05, 0.1) is 18.2 Å². The number of esters is 1. The van der Waals surface area contributed by atoms with E-state index in [1.54, 1.807) is 0 Å². The molecule has 0 saturated carbocycles. The van der Waals surface area contributed by atoms with Crippen LogP contribution in [0.2, 0.25) is 0 Å². The van der Waals surface area contributed by atoms with Gasteiger partial charge in [0, 0.05) is 18.7 Å². The van der Waals surface area contributed by atoms with E-state index in [-0.39, 0.29) is 11.9 Å². The summed E-state index contributed by atoms with van der Waals surface area (Å²) in [6.07, 6.45) is 0. The molecule has 1 unspecified atom stereocenters. The van der Waals surface area contributed by atoms with Gasteiger partial charge in [-0.1, -0.05) is 12.1 Å². The first-order chi connectivity index (χ1) is 8.06. The Balaban J connectivity index is 2.35. The summed E-state index contributed by atoms with van der Waals surface area (Å²) in [7, 11) is 0. The highest BCUT2D eigenvalue weighted by Crippen LogP contribution is 2.11. The summed E-state index contributed by atoms with van der Waals surface area (Å²) in [4.78, 5) is 11.4. The molecule has 0 fully saturated rings. The van der Waals surface area contributed by atoms with Crippen LogP contribution in [0.15, 0.2) is 4.52 Å². The molecule has 96 valence electrons. The smallest absolute Gasteiger partial charge is 0.309 e. The van der Waals surface area contributed by atoms with E-state index >= 15 is 0 Å². The number of carbonyl (C=O) groups excluding carboxylic acids is 1. The third kappa shape index (κ3) is 3.85. The molecule has 17 heavy (non-hydrogen) atoms. The van der Waals surface area contributed by atoms with Gasteiger partial charge in [-0.3, -0.25) is 4.79 Å². The van der Waals surface area contributed by atoms with Crippen molar-refractivity contribution in [1.82, 2.24) is 10.5 Å². The number of hydrogen-bond acceptors (Lipinski definition) is 5. The average molecular weight is 240 g/mol. The zero-order chi connectivity index (χ0) is 12.8.